The predicted molar refractivity (Wildman–Crippen MR) is 80.2 cm³/mol. The summed E-state index contributed by atoms with van der Waals surface area (Å²) in [6.07, 6.45) is 0. The molecule has 0 atom stereocenters. The van der Waals surface area contributed by atoms with Gasteiger partial charge in [-0.2, -0.15) is 0 Å². The van der Waals surface area contributed by atoms with Gasteiger partial charge < -0.3 is 4.52 Å². The smallest absolute Gasteiger partial charge is 0.266 e. The molecule has 0 saturated carbocycles. The maximum absolute atomic E-state index is 12.8. The Morgan fingerprint density at radius 3 is 2.30 bits per heavy atom. The van der Waals surface area contributed by atoms with Gasteiger partial charge in [-0.1, -0.05) is 23.4 Å². The van der Waals surface area contributed by atoms with Gasteiger partial charge in [-0.05, 0) is 48.8 Å². The molecule has 0 aliphatic rings. The van der Waals surface area contributed by atoms with Crippen molar-refractivity contribution in [3.05, 3.63) is 40.5 Å². The average molecular weight is 359 g/mol. The molecule has 7 heteroatoms. The first-order valence-corrected chi connectivity index (χ1v) is 8.30. The van der Waals surface area contributed by atoms with E-state index in [9.17, 15) is 8.42 Å². The van der Waals surface area contributed by atoms with Crippen LogP contribution in [0.4, 0.5) is 5.88 Å². The van der Waals surface area contributed by atoms with Gasteiger partial charge in [0.05, 0.1) is 10.6 Å². The molecule has 0 amide bonds. The van der Waals surface area contributed by atoms with Gasteiger partial charge in [-0.25, -0.2) is 12.7 Å². The highest BCUT2D eigenvalue weighted by atomic mass is 79.9. The summed E-state index contributed by atoms with van der Waals surface area (Å²) in [5.41, 5.74) is 0.605. The second-order valence-corrected chi connectivity index (χ2v) is 7.20. The number of sulfonamides is 1. The standard InChI is InChI=1S/C13H15BrN2O3S/c1-9(2)16(13-12(14)10(3)15-19-13)20(17,18)11-7-5-4-6-8-11/h4-9H,1-3H3. The van der Waals surface area contributed by atoms with E-state index in [1.165, 1.54) is 4.31 Å². The van der Waals surface area contributed by atoms with Crippen molar-refractivity contribution in [3.8, 4) is 0 Å². The van der Waals surface area contributed by atoms with Crippen molar-refractivity contribution < 1.29 is 12.9 Å². The van der Waals surface area contributed by atoms with E-state index in [4.69, 9.17) is 4.52 Å². The van der Waals surface area contributed by atoms with Crippen molar-refractivity contribution in [1.82, 2.24) is 5.16 Å². The van der Waals surface area contributed by atoms with E-state index in [1.54, 1.807) is 51.1 Å². The average Bonchev–Trinajstić information content (AvgIpc) is 2.72. The lowest BCUT2D eigenvalue weighted by Crippen LogP contribution is -2.37. The van der Waals surface area contributed by atoms with Crippen molar-refractivity contribution in [2.24, 2.45) is 0 Å². The first-order chi connectivity index (χ1) is 9.35. The van der Waals surface area contributed by atoms with Crippen molar-refractivity contribution in [2.75, 3.05) is 4.31 Å². The Bertz CT molecular complexity index is 696. The molecule has 0 aliphatic carbocycles. The van der Waals surface area contributed by atoms with Gasteiger partial charge in [0.15, 0.2) is 0 Å². The molecule has 0 N–H and O–H groups in total. The number of benzene rings is 1. The predicted octanol–water partition coefficient (Wildman–Crippen LogP) is 3.35. The fourth-order valence-corrected chi connectivity index (χ4v) is 3.89. The van der Waals surface area contributed by atoms with Crippen molar-refractivity contribution in [1.29, 1.82) is 0 Å². The fraction of sp³-hybridized carbons (Fsp3) is 0.308. The first-order valence-electron chi connectivity index (χ1n) is 6.07. The molecule has 1 heterocycles. The summed E-state index contributed by atoms with van der Waals surface area (Å²) in [6.45, 7) is 5.31. The SMILES string of the molecule is Cc1noc(N(C(C)C)S(=O)(=O)c2ccccc2)c1Br. The van der Waals surface area contributed by atoms with Gasteiger partial charge in [0.2, 0.25) is 0 Å². The molecule has 0 unspecified atom stereocenters. The van der Waals surface area contributed by atoms with E-state index in [0.717, 1.165) is 0 Å². The lowest BCUT2D eigenvalue weighted by Gasteiger charge is -2.25. The third kappa shape index (κ3) is 2.60. The fourth-order valence-electron chi connectivity index (χ4n) is 1.81. The molecule has 2 aromatic rings. The maximum Gasteiger partial charge on any atom is 0.266 e. The summed E-state index contributed by atoms with van der Waals surface area (Å²) >= 11 is 3.32. The number of rotatable bonds is 4. The molecule has 20 heavy (non-hydrogen) atoms. The molecule has 0 aliphatic heterocycles. The molecule has 5 nitrogen and oxygen atoms in total. The molecule has 0 fully saturated rings. The number of halogens is 1. The Morgan fingerprint density at radius 1 is 1.25 bits per heavy atom. The highest BCUT2D eigenvalue weighted by Gasteiger charge is 2.32. The molecular formula is C13H15BrN2O3S. The Kier molecular flexibility index (Phi) is 4.19. The summed E-state index contributed by atoms with van der Waals surface area (Å²) in [4.78, 5) is 0.217. The highest BCUT2D eigenvalue weighted by molar-refractivity contribution is 9.10. The largest absolute Gasteiger partial charge is 0.336 e. The number of anilines is 1. The number of nitrogens with zero attached hydrogens (tertiary/aromatic N) is 2. The van der Waals surface area contributed by atoms with Gasteiger partial charge in [0, 0.05) is 6.04 Å². The van der Waals surface area contributed by atoms with Gasteiger partial charge in [-0.15, -0.1) is 0 Å². The normalized spacial score (nSPS) is 11.8. The minimum Gasteiger partial charge on any atom is -0.336 e. The Morgan fingerprint density at radius 2 is 1.85 bits per heavy atom. The van der Waals surface area contributed by atoms with Crippen LogP contribution in [-0.4, -0.2) is 19.6 Å². The van der Waals surface area contributed by atoms with E-state index in [0.29, 0.717) is 10.2 Å². The summed E-state index contributed by atoms with van der Waals surface area (Å²) in [7, 11) is -3.69. The Labute approximate surface area is 126 Å². The summed E-state index contributed by atoms with van der Waals surface area (Å²) in [5, 5.41) is 3.80. The molecule has 0 spiro atoms. The molecule has 0 saturated heterocycles. The minimum atomic E-state index is -3.69. The number of hydrogen-bond acceptors (Lipinski definition) is 4. The van der Waals surface area contributed by atoms with E-state index in [2.05, 4.69) is 21.1 Å². The lowest BCUT2D eigenvalue weighted by molar-refractivity contribution is 0.415. The number of aromatic nitrogens is 1. The second kappa shape index (κ2) is 5.57. The molecule has 0 radical (unpaired) electrons. The molecule has 1 aromatic heterocycles. The molecule has 2 rings (SSSR count). The topological polar surface area (TPSA) is 63.4 Å². The van der Waals surface area contributed by atoms with E-state index >= 15 is 0 Å². The van der Waals surface area contributed by atoms with Crippen molar-refractivity contribution in [2.45, 2.75) is 31.7 Å². The Hall–Kier alpha value is -1.34. The van der Waals surface area contributed by atoms with Crippen LogP contribution in [0.2, 0.25) is 0 Å². The van der Waals surface area contributed by atoms with Crippen LogP contribution in [0.25, 0.3) is 0 Å². The zero-order chi connectivity index (χ0) is 14.9. The van der Waals surface area contributed by atoms with Crippen LogP contribution in [0.3, 0.4) is 0 Å². The lowest BCUT2D eigenvalue weighted by atomic mass is 10.4. The van der Waals surface area contributed by atoms with E-state index < -0.39 is 10.0 Å². The molecular weight excluding hydrogens is 344 g/mol. The van der Waals surface area contributed by atoms with Crippen LogP contribution >= 0.6 is 15.9 Å². The minimum absolute atomic E-state index is 0.196. The van der Waals surface area contributed by atoms with Crippen LogP contribution in [0.15, 0.2) is 44.2 Å². The molecule has 108 valence electrons. The van der Waals surface area contributed by atoms with Crippen LogP contribution in [0.5, 0.6) is 0 Å². The first kappa shape index (κ1) is 15.1. The molecule has 0 bridgehead atoms. The van der Waals surface area contributed by atoms with Crippen LogP contribution in [0, 0.1) is 6.92 Å². The van der Waals surface area contributed by atoms with E-state index in [1.807, 2.05) is 0 Å². The quantitative estimate of drug-likeness (QED) is 0.840. The third-order valence-electron chi connectivity index (χ3n) is 2.74. The zero-order valence-corrected chi connectivity index (χ0v) is 13.8. The van der Waals surface area contributed by atoms with Crippen molar-refractivity contribution in [3.63, 3.8) is 0 Å². The third-order valence-corrected chi connectivity index (χ3v) is 5.63. The number of aryl methyl sites for hydroxylation is 1. The monoisotopic (exact) mass is 358 g/mol. The van der Waals surface area contributed by atoms with Crippen LogP contribution in [-0.2, 0) is 10.0 Å². The summed E-state index contributed by atoms with van der Waals surface area (Å²) in [6, 6.07) is 7.96. The summed E-state index contributed by atoms with van der Waals surface area (Å²) in [5.74, 6) is 0.196. The highest BCUT2D eigenvalue weighted by Crippen LogP contribution is 2.34. The van der Waals surface area contributed by atoms with E-state index in [-0.39, 0.29) is 16.8 Å². The zero-order valence-electron chi connectivity index (χ0n) is 11.4. The van der Waals surface area contributed by atoms with Gasteiger partial charge in [0.25, 0.3) is 15.9 Å². The van der Waals surface area contributed by atoms with Crippen LogP contribution in [0.1, 0.15) is 19.5 Å². The van der Waals surface area contributed by atoms with Gasteiger partial charge in [-0.3, -0.25) is 0 Å². The van der Waals surface area contributed by atoms with Crippen molar-refractivity contribution >= 4 is 31.8 Å². The second-order valence-electron chi connectivity index (χ2n) is 4.59. The van der Waals surface area contributed by atoms with Crippen LogP contribution < -0.4 is 4.31 Å². The molecule has 1 aromatic carbocycles. The maximum atomic E-state index is 12.8. The Balaban J connectivity index is 2.58. The number of hydrogen-bond donors (Lipinski definition) is 0. The summed E-state index contributed by atoms with van der Waals surface area (Å²) < 4.78 is 32.5. The van der Waals surface area contributed by atoms with Gasteiger partial charge >= 0.3 is 0 Å². The van der Waals surface area contributed by atoms with Gasteiger partial charge in [0.1, 0.15) is 4.47 Å².